The summed E-state index contributed by atoms with van der Waals surface area (Å²) >= 11 is 3.91. The molecule has 72 valence electrons. The summed E-state index contributed by atoms with van der Waals surface area (Å²) < 4.78 is 0. The van der Waals surface area contributed by atoms with E-state index in [1.807, 2.05) is 0 Å². The van der Waals surface area contributed by atoms with Gasteiger partial charge in [-0.2, -0.15) is 0 Å². The average Bonchev–Trinajstić information content (AvgIpc) is 2.11. The van der Waals surface area contributed by atoms with E-state index in [1.54, 1.807) is 0 Å². The smallest absolute Gasteiger partial charge is 0.121 e. The van der Waals surface area contributed by atoms with Crippen molar-refractivity contribution in [2.24, 2.45) is 0 Å². The van der Waals surface area contributed by atoms with Crippen LogP contribution in [0.1, 0.15) is 39.5 Å². The minimum atomic E-state index is -1.19. The summed E-state index contributed by atoms with van der Waals surface area (Å²) in [6.07, 6.45) is 5.32. The van der Waals surface area contributed by atoms with Crippen LogP contribution in [0.15, 0.2) is 12.3 Å². The number of rotatable bonds is 7. The van der Waals surface area contributed by atoms with E-state index in [0.29, 0.717) is 0 Å². The van der Waals surface area contributed by atoms with Crippen LogP contribution in [0.5, 0.6) is 0 Å². The van der Waals surface area contributed by atoms with Gasteiger partial charge in [0, 0.05) is 0 Å². The summed E-state index contributed by atoms with van der Waals surface area (Å²) in [4.78, 5) is 0. The molecule has 0 aliphatic rings. The van der Waals surface area contributed by atoms with Crippen LogP contribution >= 0.6 is 15.3 Å². The van der Waals surface area contributed by atoms with Crippen molar-refractivity contribution >= 4 is 22.0 Å². The van der Waals surface area contributed by atoms with Gasteiger partial charge in [0.15, 0.2) is 6.69 Å². The lowest BCUT2D eigenvalue weighted by atomic mass is 10.4. The minimum Gasteiger partial charge on any atom is -0.121 e. The lowest BCUT2D eigenvalue weighted by Gasteiger charge is -2.19. The molecule has 12 heavy (non-hydrogen) atoms. The molecule has 0 nitrogen and oxygen atoms in total. The van der Waals surface area contributed by atoms with E-state index in [1.165, 1.54) is 37.8 Å². The maximum atomic E-state index is 3.95. The van der Waals surface area contributed by atoms with Crippen LogP contribution in [-0.2, 0) is 0 Å². The molecular weight excluding hydrogens is 228 g/mol. The molecule has 0 aliphatic carbocycles. The van der Waals surface area contributed by atoms with Crippen molar-refractivity contribution in [2.75, 3.05) is 0 Å². The van der Waals surface area contributed by atoms with Gasteiger partial charge in [-0.25, -0.2) is 0 Å². The van der Waals surface area contributed by atoms with Crippen molar-refractivity contribution in [2.45, 2.75) is 51.6 Å². The van der Waals surface area contributed by atoms with E-state index < -0.39 is 6.69 Å². The Balaban J connectivity index is 3.78. The van der Waals surface area contributed by atoms with Crippen molar-refractivity contribution < 1.29 is 0 Å². The quantitative estimate of drug-likeness (QED) is 0.455. The monoisotopic (exact) mass is 248 g/mol. The van der Waals surface area contributed by atoms with Gasteiger partial charge < -0.3 is 0 Å². The van der Waals surface area contributed by atoms with Gasteiger partial charge in [-0.15, -0.1) is 21.9 Å². The highest BCUT2D eigenvalue weighted by Gasteiger charge is 2.23. The Hall–Kier alpha value is 0.437. The highest BCUT2D eigenvalue weighted by molar-refractivity contribution is 9.26. The summed E-state index contributed by atoms with van der Waals surface area (Å²) in [5.41, 5.74) is 2.21. The van der Waals surface area contributed by atoms with Gasteiger partial charge in [-0.3, -0.25) is 0 Å². The molecule has 0 bridgehead atoms. The molecule has 0 aromatic heterocycles. The molecule has 0 spiro atoms. The third-order valence-electron chi connectivity index (χ3n) is 2.26. The van der Waals surface area contributed by atoms with E-state index in [2.05, 4.69) is 41.4 Å². The molecule has 0 amide bonds. The molecule has 0 aromatic rings. The van der Waals surface area contributed by atoms with Gasteiger partial charge in [0.05, 0.1) is 0 Å². The maximum Gasteiger partial charge on any atom is 0.152 e. The minimum absolute atomic E-state index is 1.19. The van der Waals surface area contributed by atoms with Crippen LogP contribution in [0.3, 0.4) is 0 Å². The third kappa shape index (κ3) is 5.15. The fourth-order valence-corrected chi connectivity index (χ4v) is 5.49. The molecule has 0 fully saturated rings. The lowest BCUT2D eigenvalue weighted by Crippen LogP contribution is -2.22. The molecule has 0 aromatic carbocycles. The summed E-state index contributed by atoms with van der Waals surface area (Å²) in [5.74, 6) is 0. The van der Waals surface area contributed by atoms with Gasteiger partial charge in [0.2, 0.25) is 0 Å². The van der Waals surface area contributed by atoms with Gasteiger partial charge in [0.1, 0.15) is 0 Å². The molecule has 0 heterocycles. The third-order valence-corrected chi connectivity index (χ3v) is 8.71. The molecule has 0 atom stereocenters. The zero-order valence-corrected chi connectivity index (χ0v) is 11.0. The Morgan fingerprint density at radius 1 is 1.17 bits per heavy atom. The SMILES string of the molecule is C=C[Si](Br)(CCCC)CCCC. The largest absolute Gasteiger partial charge is 0.152 e. The lowest BCUT2D eigenvalue weighted by molar-refractivity contribution is 0.843. The summed E-state index contributed by atoms with van der Waals surface area (Å²) in [6, 6.07) is 2.74. The molecular formula is C10H21BrSi. The predicted molar refractivity (Wildman–Crippen MR) is 64.3 cm³/mol. The number of unbranched alkanes of at least 4 members (excludes halogenated alkanes) is 2. The maximum absolute atomic E-state index is 3.95. The fourth-order valence-electron chi connectivity index (χ4n) is 1.27. The Kier molecular flexibility index (Phi) is 7.15. The standard InChI is InChI=1S/C10H21BrSi/c1-4-7-9-12(11,6-3)10-8-5-2/h6H,3-5,7-10H2,1-2H3. The van der Waals surface area contributed by atoms with Gasteiger partial charge in [-0.1, -0.05) is 45.2 Å². The van der Waals surface area contributed by atoms with E-state index in [-0.39, 0.29) is 0 Å². The van der Waals surface area contributed by atoms with Crippen molar-refractivity contribution in [3.05, 3.63) is 12.3 Å². The summed E-state index contributed by atoms with van der Waals surface area (Å²) in [6.45, 7) is 7.27. The molecule has 0 rings (SSSR count). The Morgan fingerprint density at radius 3 is 1.83 bits per heavy atom. The van der Waals surface area contributed by atoms with Crippen LogP contribution in [-0.4, -0.2) is 6.69 Å². The molecule has 2 heteroatoms. The van der Waals surface area contributed by atoms with Crippen molar-refractivity contribution in [1.29, 1.82) is 0 Å². The zero-order valence-electron chi connectivity index (χ0n) is 8.41. The van der Waals surface area contributed by atoms with E-state index in [4.69, 9.17) is 0 Å². The van der Waals surface area contributed by atoms with Crippen LogP contribution in [0.25, 0.3) is 0 Å². The molecule has 0 unspecified atom stereocenters. The van der Waals surface area contributed by atoms with Gasteiger partial charge in [-0.05, 0) is 12.1 Å². The fraction of sp³-hybridized carbons (Fsp3) is 0.800. The van der Waals surface area contributed by atoms with E-state index >= 15 is 0 Å². The first-order valence-corrected chi connectivity index (χ1v) is 9.76. The second-order valence-corrected chi connectivity index (χ2v) is 11.7. The van der Waals surface area contributed by atoms with Crippen LogP contribution < -0.4 is 0 Å². The van der Waals surface area contributed by atoms with Gasteiger partial charge >= 0.3 is 0 Å². The normalized spacial score (nSPS) is 11.6. The van der Waals surface area contributed by atoms with Crippen LogP contribution in [0, 0.1) is 0 Å². The van der Waals surface area contributed by atoms with Gasteiger partial charge in [0.25, 0.3) is 0 Å². The number of halogens is 1. The molecule has 0 saturated heterocycles. The Morgan fingerprint density at radius 2 is 1.58 bits per heavy atom. The highest BCUT2D eigenvalue weighted by Crippen LogP contribution is 2.28. The number of hydrogen-bond acceptors (Lipinski definition) is 0. The first-order chi connectivity index (χ1) is 5.68. The second-order valence-electron chi connectivity index (χ2n) is 3.45. The van der Waals surface area contributed by atoms with Crippen molar-refractivity contribution in [3.8, 4) is 0 Å². The van der Waals surface area contributed by atoms with Crippen molar-refractivity contribution in [3.63, 3.8) is 0 Å². The van der Waals surface area contributed by atoms with Crippen molar-refractivity contribution in [1.82, 2.24) is 0 Å². The topological polar surface area (TPSA) is 0 Å². The Bertz CT molecular complexity index is 115. The van der Waals surface area contributed by atoms with Crippen LogP contribution in [0.4, 0.5) is 0 Å². The molecule has 0 N–H and O–H groups in total. The molecule has 0 aliphatic heterocycles. The zero-order chi connectivity index (χ0) is 9.45. The average molecular weight is 249 g/mol. The van der Waals surface area contributed by atoms with E-state index in [9.17, 15) is 0 Å². The number of hydrogen-bond donors (Lipinski definition) is 0. The van der Waals surface area contributed by atoms with Crippen LogP contribution in [0.2, 0.25) is 12.1 Å². The highest BCUT2D eigenvalue weighted by atomic mass is 79.9. The summed E-state index contributed by atoms with van der Waals surface area (Å²) in [5, 5.41) is 0. The first kappa shape index (κ1) is 12.4. The Labute approximate surface area is 86.0 Å². The summed E-state index contributed by atoms with van der Waals surface area (Å²) in [7, 11) is 0. The van der Waals surface area contributed by atoms with E-state index in [0.717, 1.165) is 0 Å². The second kappa shape index (κ2) is 6.90. The predicted octanol–water partition coefficient (Wildman–Crippen LogP) is 4.65. The molecule has 0 saturated carbocycles. The first-order valence-electron chi connectivity index (χ1n) is 5.01. The molecule has 0 radical (unpaired) electrons.